The molecule has 4 rings (SSSR count). The lowest BCUT2D eigenvalue weighted by atomic mass is 9.89. The van der Waals surface area contributed by atoms with Gasteiger partial charge in [0.15, 0.2) is 0 Å². The van der Waals surface area contributed by atoms with Gasteiger partial charge in [-0.1, -0.05) is 23.2 Å². The molecule has 9 nitrogen and oxygen atoms in total. The number of aromatic nitrogens is 3. The summed E-state index contributed by atoms with van der Waals surface area (Å²) in [6.45, 7) is 1.17. The maximum absolute atomic E-state index is 11.1. The van der Waals surface area contributed by atoms with Crippen molar-refractivity contribution in [1.82, 2.24) is 15.0 Å². The summed E-state index contributed by atoms with van der Waals surface area (Å²) in [7, 11) is 0. The average molecular weight is 451 g/mol. The molecule has 0 aliphatic carbocycles. The van der Waals surface area contributed by atoms with Crippen LogP contribution >= 0.6 is 23.2 Å². The number of nitrogens with two attached hydrogens (primary N) is 2. The van der Waals surface area contributed by atoms with Gasteiger partial charge in [0.25, 0.3) is 0 Å². The highest BCUT2D eigenvalue weighted by Gasteiger charge is 2.38. The van der Waals surface area contributed by atoms with Crippen LogP contribution in [0.3, 0.4) is 0 Å². The molecule has 6 N–H and O–H groups in total. The highest BCUT2D eigenvalue weighted by atomic mass is 35.5. The zero-order valence-corrected chi connectivity index (χ0v) is 17.3. The molecule has 0 atom stereocenters. The Kier molecular flexibility index (Phi) is 6.45. The van der Waals surface area contributed by atoms with Gasteiger partial charge in [-0.05, 0) is 37.1 Å². The lowest BCUT2D eigenvalue weighted by Crippen LogP contribution is -2.55. The van der Waals surface area contributed by atoms with E-state index in [9.17, 15) is 9.59 Å². The van der Waals surface area contributed by atoms with Crippen molar-refractivity contribution in [1.29, 1.82) is 0 Å². The van der Waals surface area contributed by atoms with Crippen molar-refractivity contribution in [2.24, 2.45) is 11.5 Å². The third-order valence-corrected chi connectivity index (χ3v) is 5.46. The lowest BCUT2D eigenvalue weighted by molar-refractivity contribution is -0.144. The van der Waals surface area contributed by atoms with Crippen molar-refractivity contribution in [3.05, 3.63) is 52.4 Å². The van der Waals surface area contributed by atoms with Crippen molar-refractivity contribution in [3.8, 4) is 0 Å². The van der Waals surface area contributed by atoms with Gasteiger partial charge >= 0.3 is 5.97 Å². The topological polar surface area (TPSA) is 151 Å². The van der Waals surface area contributed by atoms with Crippen LogP contribution in [0.2, 0.25) is 10.0 Å². The summed E-state index contributed by atoms with van der Waals surface area (Å²) < 4.78 is 0. The summed E-state index contributed by atoms with van der Waals surface area (Å²) in [6.07, 6.45) is 4.16. The predicted molar refractivity (Wildman–Crippen MR) is 115 cm³/mol. The number of primary amides is 1. The number of anilines is 1. The first-order chi connectivity index (χ1) is 14.2. The fraction of sp³-hybridized carbons (Fsp3) is 0.263. The van der Waals surface area contributed by atoms with Crippen LogP contribution in [0.15, 0.2) is 36.8 Å². The van der Waals surface area contributed by atoms with Gasteiger partial charge in [-0.2, -0.15) is 0 Å². The van der Waals surface area contributed by atoms with E-state index in [0.29, 0.717) is 31.0 Å². The number of rotatable bonds is 3. The van der Waals surface area contributed by atoms with E-state index in [0.717, 1.165) is 16.9 Å². The number of hydrogen-bond donors (Lipinski definition) is 4. The second kappa shape index (κ2) is 8.86. The minimum absolute atomic E-state index is 0.282. The summed E-state index contributed by atoms with van der Waals surface area (Å²) >= 11 is 11.2. The highest BCUT2D eigenvalue weighted by Crippen LogP contribution is 2.28. The fourth-order valence-corrected chi connectivity index (χ4v) is 3.63. The maximum atomic E-state index is 11.1. The molecule has 0 unspecified atom stereocenters. The number of fused-ring (bicyclic) bond motifs is 1. The quantitative estimate of drug-likeness (QED) is 0.477. The van der Waals surface area contributed by atoms with E-state index in [2.05, 4.69) is 19.9 Å². The molecule has 1 aromatic carbocycles. The van der Waals surface area contributed by atoms with Crippen LogP contribution in [0.25, 0.3) is 11.0 Å². The molecule has 30 heavy (non-hydrogen) atoms. The highest BCUT2D eigenvalue weighted by molar-refractivity contribution is 6.36. The van der Waals surface area contributed by atoms with Gasteiger partial charge in [-0.3, -0.25) is 9.59 Å². The number of carbonyl (C=O) groups is 2. The molecule has 1 fully saturated rings. The van der Waals surface area contributed by atoms with Crippen LogP contribution in [0, 0.1) is 0 Å². The molecule has 0 bridgehead atoms. The molecule has 3 heterocycles. The van der Waals surface area contributed by atoms with Gasteiger partial charge in [-0.15, -0.1) is 0 Å². The average Bonchev–Trinajstić information content (AvgIpc) is 3.17. The van der Waals surface area contributed by atoms with Crippen molar-refractivity contribution in [3.63, 3.8) is 0 Å². The number of aromatic amines is 1. The van der Waals surface area contributed by atoms with E-state index in [1.165, 1.54) is 18.5 Å². The fourth-order valence-electron chi connectivity index (χ4n) is 3.13. The number of nitrogens with zero attached hydrogens (tertiary/aromatic N) is 3. The molecule has 11 heteroatoms. The molecular weight excluding hydrogens is 431 g/mol. The molecule has 1 aliphatic heterocycles. The SMILES string of the molecule is NC(=O)c1ccc(Cl)cc1Cl.NC1(C(=O)O)CCN(c2ncnc3[nH]ccc23)CC1. The number of carbonyl (C=O) groups excluding carboxylic acids is 1. The van der Waals surface area contributed by atoms with Gasteiger partial charge in [0.1, 0.15) is 23.3 Å². The van der Waals surface area contributed by atoms with Crippen LogP contribution in [-0.4, -0.2) is 50.6 Å². The molecule has 0 radical (unpaired) electrons. The van der Waals surface area contributed by atoms with E-state index < -0.39 is 17.4 Å². The monoisotopic (exact) mass is 450 g/mol. The van der Waals surface area contributed by atoms with E-state index >= 15 is 0 Å². The van der Waals surface area contributed by atoms with Gasteiger partial charge in [0.05, 0.1) is 16.0 Å². The van der Waals surface area contributed by atoms with Crippen molar-refractivity contribution in [2.75, 3.05) is 18.0 Å². The summed E-state index contributed by atoms with van der Waals surface area (Å²) in [5.74, 6) is -0.646. The van der Waals surface area contributed by atoms with E-state index in [-0.39, 0.29) is 10.6 Å². The molecule has 3 aromatic rings. The largest absolute Gasteiger partial charge is 0.480 e. The molecule has 1 amide bonds. The van der Waals surface area contributed by atoms with Gasteiger partial charge in [0, 0.05) is 24.3 Å². The number of carboxylic acids is 1. The molecule has 0 saturated carbocycles. The number of benzene rings is 1. The third kappa shape index (κ3) is 4.64. The van der Waals surface area contributed by atoms with Crippen LogP contribution in [0.5, 0.6) is 0 Å². The number of halogens is 2. The van der Waals surface area contributed by atoms with E-state index in [1.54, 1.807) is 6.07 Å². The normalized spacial score (nSPS) is 15.4. The Balaban J connectivity index is 0.000000199. The Morgan fingerprint density at radius 3 is 2.47 bits per heavy atom. The smallest absolute Gasteiger partial charge is 0.323 e. The van der Waals surface area contributed by atoms with Gasteiger partial charge in [0.2, 0.25) is 5.91 Å². The Bertz CT molecular complexity index is 1080. The number of amides is 1. The van der Waals surface area contributed by atoms with Gasteiger partial charge < -0.3 is 26.5 Å². The van der Waals surface area contributed by atoms with Crippen LogP contribution in [0.4, 0.5) is 5.82 Å². The molecule has 1 aliphatic rings. The minimum atomic E-state index is -1.11. The first kappa shape index (κ1) is 21.8. The number of nitrogens with one attached hydrogen (secondary N) is 1. The number of piperidine rings is 1. The zero-order chi connectivity index (χ0) is 21.9. The van der Waals surface area contributed by atoms with Crippen molar-refractivity contribution < 1.29 is 14.7 Å². The molecule has 1 saturated heterocycles. The van der Waals surface area contributed by atoms with Gasteiger partial charge in [-0.25, -0.2) is 9.97 Å². The predicted octanol–water partition coefficient (Wildman–Crippen LogP) is 2.43. The second-order valence-electron chi connectivity index (χ2n) is 6.87. The summed E-state index contributed by atoms with van der Waals surface area (Å²) in [6, 6.07) is 6.45. The number of aliphatic carboxylic acids is 1. The Morgan fingerprint density at radius 2 is 1.87 bits per heavy atom. The van der Waals surface area contributed by atoms with E-state index in [4.69, 9.17) is 39.8 Å². The molecular formula is C19H20Cl2N6O3. The summed E-state index contributed by atoms with van der Waals surface area (Å²) in [5.41, 5.74) is 10.8. The molecule has 2 aromatic heterocycles. The van der Waals surface area contributed by atoms with E-state index in [1.807, 2.05) is 12.3 Å². The second-order valence-corrected chi connectivity index (χ2v) is 7.72. The maximum Gasteiger partial charge on any atom is 0.323 e. The first-order valence-corrected chi connectivity index (χ1v) is 9.77. The summed E-state index contributed by atoms with van der Waals surface area (Å²) in [5, 5.41) is 10.8. The van der Waals surface area contributed by atoms with Crippen LogP contribution < -0.4 is 16.4 Å². The summed E-state index contributed by atoms with van der Waals surface area (Å²) in [4.78, 5) is 35.3. The van der Waals surface area contributed by atoms with Crippen LogP contribution in [-0.2, 0) is 4.79 Å². The first-order valence-electron chi connectivity index (χ1n) is 9.01. The third-order valence-electron chi connectivity index (χ3n) is 4.91. The van der Waals surface area contributed by atoms with Crippen molar-refractivity contribution in [2.45, 2.75) is 18.4 Å². The number of H-pyrrole nitrogens is 1. The zero-order valence-electron chi connectivity index (χ0n) is 15.8. The standard InChI is InChI=1S/C12H15N5O2.C7H5Cl2NO/c13-12(11(18)19)2-5-17(6-3-12)10-8-1-4-14-9(8)15-7-16-10;8-4-1-2-5(7(10)11)6(9)3-4/h1,4,7H,2-3,5-6,13H2,(H,18,19)(H,14,15,16);1-3H,(H2,10,11). The Morgan fingerprint density at radius 1 is 1.17 bits per heavy atom. The Labute approximate surface area is 182 Å². The Hall–Kier alpha value is -2.88. The number of hydrogen-bond acceptors (Lipinski definition) is 6. The molecule has 0 spiro atoms. The van der Waals surface area contributed by atoms with Crippen LogP contribution in [0.1, 0.15) is 23.2 Å². The molecule has 158 valence electrons. The minimum Gasteiger partial charge on any atom is -0.480 e. The number of carboxylic acid groups (broad SMARTS) is 1. The lowest BCUT2D eigenvalue weighted by Gasteiger charge is -2.36. The van der Waals surface area contributed by atoms with Crippen molar-refractivity contribution >= 4 is 51.9 Å².